The van der Waals surface area contributed by atoms with Crippen LogP contribution in [0.5, 0.6) is 0 Å². The molecule has 0 spiro atoms. The Labute approximate surface area is 156 Å². The maximum absolute atomic E-state index is 12.8. The van der Waals surface area contributed by atoms with Crippen molar-refractivity contribution in [1.82, 2.24) is 0 Å². The van der Waals surface area contributed by atoms with E-state index in [1.54, 1.807) is 18.2 Å². The molecule has 0 aromatic heterocycles. The summed E-state index contributed by atoms with van der Waals surface area (Å²) in [4.78, 5) is 12.8. The van der Waals surface area contributed by atoms with Crippen molar-refractivity contribution in [3.8, 4) is 0 Å². The van der Waals surface area contributed by atoms with Crippen molar-refractivity contribution < 1.29 is 4.79 Å². The van der Waals surface area contributed by atoms with Crippen LogP contribution in [0.2, 0.25) is 10.0 Å². The van der Waals surface area contributed by atoms with E-state index in [1.807, 2.05) is 60.7 Å². The third-order valence-electron chi connectivity index (χ3n) is 3.67. The first-order valence-corrected chi connectivity index (χ1v) is 8.51. The van der Waals surface area contributed by atoms with Crippen LogP contribution in [0.15, 0.2) is 78.9 Å². The fourth-order valence-corrected chi connectivity index (χ4v) is 2.73. The summed E-state index contributed by atoms with van der Waals surface area (Å²) < 4.78 is 0. The summed E-state index contributed by atoms with van der Waals surface area (Å²) in [5.41, 5.74) is 2.30. The number of benzene rings is 3. The van der Waals surface area contributed by atoms with Crippen molar-refractivity contribution in [3.63, 3.8) is 0 Å². The zero-order valence-electron chi connectivity index (χ0n) is 13.2. The molecule has 1 amide bonds. The van der Waals surface area contributed by atoms with Crippen LogP contribution in [-0.2, 0) is 4.79 Å². The summed E-state index contributed by atoms with van der Waals surface area (Å²) in [6, 6.07) is 23.5. The first kappa shape index (κ1) is 17.3. The van der Waals surface area contributed by atoms with Gasteiger partial charge in [-0.05, 0) is 35.9 Å². The van der Waals surface area contributed by atoms with Crippen LogP contribution >= 0.6 is 23.2 Å². The van der Waals surface area contributed by atoms with Crippen molar-refractivity contribution in [2.45, 2.75) is 6.04 Å². The molecule has 3 aromatic carbocycles. The van der Waals surface area contributed by atoms with Crippen molar-refractivity contribution in [3.05, 3.63) is 94.5 Å². The molecule has 3 aromatic rings. The van der Waals surface area contributed by atoms with Gasteiger partial charge in [0.1, 0.15) is 6.04 Å². The highest BCUT2D eigenvalue weighted by Crippen LogP contribution is 2.28. The van der Waals surface area contributed by atoms with Gasteiger partial charge in [-0.2, -0.15) is 0 Å². The van der Waals surface area contributed by atoms with Gasteiger partial charge in [0.15, 0.2) is 0 Å². The van der Waals surface area contributed by atoms with Crippen LogP contribution in [0.25, 0.3) is 0 Å². The lowest BCUT2D eigenvalue weighted by atomic mass is 10.1. The molecule has 1 atom stereocenters. The predicted molar refractivity (Wildman–Crippen MR) is 104 cm³/mol. The van der Waals surface area contributed by atoms with E-state index in [-0.39, 0.29) is 5.91 Å². The van der Waals surface area contributed by atoms with E-state index in [0.29, 0.717) is 15.7 Å². The smallest absolute Gasteiger partial charge is 0.251 e. The molecule has 0 aliphatic heterocycles. The summed E-state index contributed by atoms with van der Waals surface area (Å²) in [6.45, 7) is 0. The first-order chi connectivity index (χ1) is 12.1. The number of nitrogens with one attached hydrogen (secondary N) is 2. The van der Waals surface area contributed by atoms with Gasteiger partial charge in [0.2, 0.25) is 0 Å². The molecule has 0 radical (unpaired) electrons. The number of hydrogen-bond donors (Lipinski definition) is 2. The van der Waals surface area contributed by atoms with Crippen LogP contribution < -0.4 is 10.6 Å². The molecule has 0 aliphatic rings. The van der Waals surface area contributed by atoms with Crippen LogP contribution in [0.3, 0.4) is 0 Å². The summed E-state index contributed by atoms with van der Waals surface area (Å²) in [5.74, 6) is -0.163. The molecule has 0 heterocycles. The number of carbonyl (C=O) groups excluding carboxylic acids is 1. The number of rotatable bonds is 5. The number of anilines is 2. The Morgan fingerprint density at radius 2 is 1.40 bits per heavy atom. The standard InChI is InChI=1S/C20H16Cl2N2O/c21-17-12-11-16(13-18(17)22)23-19(14-7-3-1-4-8-14)20(25)24-15-9-5-2-6-10-15/h1-13,19,23H,(H,24,25). The second kappa shape index (κ2) is 8.06. The average molecular weight is 371 g/mol. The van der Waals surface area contributed by atoms with E-state index >= 15 is 0 Å². The second-order valence-electron chi connectivity index (χ2n) is 5.47. The molecule has 5 heteroatoms. The third-order valence-corrected chi connectivity index (χ3v) is 4.41. The zero-order valence-corrected chi connectivity index (χ0v) is 14.8. The fraction of sp³-hybridized carbons (Fsp3) is 0.0500. The van der Waals surface area contributed by atoms with Gasteiger partial charge in [0.05, 0.1) is 10.0 Å². The molecule has 0 bridgehead atoms. The molecule has 0 saturated heterocycles. The summed E-state index contributed by atoms with van der Waals surface area (Å²) in [5, 5.41) is 7.06. The average Bonchev–Trinajstić information content (AvgIpc) is 2.64. The molecule has 3 rings (SSSR count). The Morgan fingerprint density at radius 1 is 0.760 bits per heavy atom. The second-order valence-corrected chi connectivity index (χ2v) is 6.29. The molecule has 0 saturated carbocycles. The summed E-state index contributed by atoms with van der Waals surface area (Å²) >= 11 is 12.0. The lowest BCUT2D eigenvalue weighted by Gasteiger charge is -2.20. The quantitative estimate of drug-likeness (QED) is 0.596. The summed E-state index contributed by atoms with van der Waals surface area (Å²) in [6.07, 6.45) is 0. The number of carbonyl (C=O) groups is 1. The van der Waals surface area contributed by atoms with Gasteiger partial charge in [-0.3, -0.25) is 4.79 Å². The molecule has 0 fully saturated rings. The van der Waals surface area contributed by atoms with Gasteiger partial charge in [0.25, 0.3) is 5.91 Å². The van der Waals surface area contributed by atoms with E-state index in [2.05, 4.69) is 10.6 Å². The summed E-state index contributed by atoms with van der Waals surface area (Å²) in [7, 11) is 0. The monoisotopic (exact) mass is 370 g/mol. The maximum atomic E-state index is 12.8. The number of hydrogen-bond acceptors (Lipinski definition) is 2. The highest BCUT2D eigenvalue weighted by molar-refractivity contribution is 6.42. The van der Waals surface area contributed by atoms with Gasteiger partial charge in [0, 0.05) is 11.4 Å². The number of amides is 1. The minimum atomic E-state index is -0.571. The molecular formula is C20H16Cl2N2O. The Morgan fingerprint density at radius 3 is 2.04 bits per heavy atom. The lowest BCUT2D eigenvalue weighted by molar-refractivity contribution is -0.117. The van der Waals surface area contributed by atoms with Gasteiger partial charge >= 0.3 is 0 Å². The van der Waals surface area contributed by atoms with Gasteiger partial charge in [-0.1, -0.05) is 71.7 Å². The van der Waals surface area contributed by atoms with E-state index in [4.69, 9.17) is 23.2 Å². The van der Waals surface area contributed by atoms with Crippen LogP contribution in [0, 0.1) is 0 Å². The molecule has 1 unspecified atom stereocenters. The molecular weight excluding hydrogens is 355 g/mol. The largest absolute Gasteiger partial charge is 0.370 e. The molecule has 2 N–H and O–H groups in total. The van der Waals surface area contributed by atoms with Crippen molar-refractivity contribution in [2.24, 2.45) is 0 Å². The van der Waals surface area contributed by atoms with E-state index in [9.17, 15) is 4.79 Å². The van der Waals surface area contributed by atoms with Gasteiger partial charge < -0.3 is 10.6 Å². The number of halogens is 2. The van der Waals surface area contributed by atoms with E-state index in [1.165, 1.54) is 0 Å². The topological polar surface area (TPSA) is 41.1 Å². The normalized spacial score (nSPS) is 11.6. The Bertz CT molecular complexity index is 854. The molecule has 0 aliphatic carbocycles. The third kappa shape index (κ3) is 4.53. The van der Waals surface area contributed by atoms with E-state index < -0.39 is 6.04 Å². The van der Waals surface area contributed by atoms with Crippen LogP contribution in [-0.4, -0.2) is 5.91 Å². The SMILES string of the molecule is O=C(Nc1ccccc1)C(Nc1ccc(Cl)c(Cl)c1)c1ccccc1. The van der Waals surface area contributed by atoms with Gasteiger partial charge in [-0.25, -0.2) is 0 Å². The molecule has 3 nitrogen and oxygen atoms in total. The highest BCUT2D eigenvalue weighted by atomic mass is 35.5. The number of para-hydroxylation sites is 1. The molecule has 25 heavy (non-hydrogen) atoms. The Kier molecular flexibility index (Phi) is 5.59. The van der Waals surface area contributed by atoms with Crippen LogP contribution in [0.4, 0.5) is 11.4 Å². The zero-order chi connectivity index (χ0) is 17.6. The van der Waals surface area contributed by atoms with Crippen molar-refractivity contribution in [1.29, 1.82) is 0 Å². The van der Waals surface area contributed by atoms with Crippen LogP contribution in [0.1, 0.15) is 11.6 Å². The van der Waals surface area contributed by atoms with Gasteiger partial charge in [-0.15, -0.1) is 0 Å². The van der Waals surface area contributed by atoms with Crippen molar-refractivity contribution >= 4 is 40.5 Å². The fourth-order valence-electron chi connectivity index (χ4n) is 2.43. The molecule has 126 valence electrons. The Hall–Kier alpha value is -2.49. The minimum absolute atomic E-state index is 0.163. The van der Waals surface area contributed by atoms with E-state index in [0.717, 1.165) is 11.3 Å². The highest BCUT2D eigenvalue weighted by Gasteiger charge is 2.20. The first-order valence-electron chi connectivity index (χ1n) is 7.76. The minimum Gasteiger partial charge on any atom is -0.370 e. The maximum Gasteiger partial charge on any atom is 0.251 e. The van der Waals surface area contributed by atoms with Crippen molar-refractivity contribution in [2.75, 3.05) is 10.6 Å². The predicted octanol–water partition coefficient (Wildman–Crippen LogP) is 5.79. The lowest BCUT2D eigenvalue weighted by Crippen LogP contribution is -2.27. The Balaban J connectivity index is 1.87.